The number of hydrogen-bond donors (Lipinski definition) is 2. The fraction of sp³-hybridized carbons (Fsp3) is 0.458. The molecule has 1 atom stereocenters. The molecule has 0 aliphatic carbocycles. The Morgan fingerprint density at radius 3 is 2.62 bits per heavy atom. The van der Waals surface area contributed by atoms with Crippen molar-refractivity contribution in [3.05, 3.63) is 53.3 Å². The van der Waals surface area contributed by atoms with Crippen LogP contribution in [0.15, 0.2) is 36.4 Å². The Bertz CT molecular complexity index is 1000. The first-order valence-corrected chi connectivity index (χ1v) is 10.9. The summed E-state index contributed by atoms with van der Waals surface area (Å²) in [6.07, 6.45) is 5.44. The van der Waals surface area contributed by atoms with Gasteiger partial charge in [-0.3, -0.25) is 0 Å². The molecule has 1 fully saturated rings. The fourth-order valence-electron chi connectivity index (χ4n) is 4.87. The summed E-state index contributed by atoms with van der Waals surface area (Å²) in [6.45, 7) is 4.42. The van der Waals surface area contributed by atoms with Crippen molar-refractivity contribution < 1.29 is 4.74 Å². The molecule has 2 aromatic carbocycles. The number of aryl methyl sites for hydroxylation is 1. The van der Waals surface area contributed by atoms with Crippen LogP contribution in [-0.4, -0.2) is 35.8 Å². The summed E-state index contributed by atoms with van der Waals surface area (Å²) in [7, 11) is 1.71. The van der Waals surface area contributed by atoms with Gasteiger partial charge in [-0.15, -0.1) is 0 Å². The van der Waals surface area contributed by atoms with Crippen molar-refractivity contribution in [2.75, 3.05) is 25.5 Å². The van der Waals surface area contributed by atoms with Crippen molar-refractivity contribution in [2.45, 2.75) is 51.1 Å². The monoisotopic (exact) mass is 390 g/mol. The van der Waals surface area contributed by atoms with Crippen LogP contribution in [0.25, 0.3) is 11.0 Å². The van der Waals surface area contributed by atoms with Crippen LogP contribution in [0.3, 0.4) is 0 Å². The quantitative estimate of drug-likeness (QED) is 0.697. The molecule has 152 valence electrons. The summed E-state index contributed by atoms with van der Waals surface area (Å²) >= 11 is 0. The highest BCUT2D eigenvalue weighted by Gasteiger charge is 2.25. The summed E-state index contributed by atoms with van der Waals surface area (Å²) in [4.78, 5) is 5.24. The Morgan fingerprint density at radius 1 is 1.07 bits per heavy atom. The van der Waals surface area contributed by atoms with E-state index in [0.717, 1.165) is 44.5 Å². The molecule has 0 radical (unpaired) electrons. The summed E-state index contributed by atoms with van der Waals surface area (Å²) in [5, 5.41) is 7.15. The summed E-state index contributed by atoms with van der Waals surface area (Å²) < 4.78 is 7.86. The molecule has 1 aromatic heterocycles. The number of ether oxygens (including phenoxy) is 1. The number of piperidine rings is 1. The van der Waals surface area contributed by atoms with Gasteiger partial charge in [-0.2, -0.15) is 0 Å². The van der Waals surface area contributed by atoms with Gasteiger partial charge < -0.3 is 19.9 Å². The number of rotatable bonds is 4. The van der Waals surface area contributed by atoms with Crippen LogP contribution in [-0.2, 0) is 12.8 Å². The Kier molecular flexibility index (Phi) is 4.92. The number of imidazole rings is 1. The van der Waals surface area contributed by atoms with Crippen LogP contribution in [0.4, 0.5) is 5.69 Å². The van der Waals surface area contributed by atoms with Gasteiger partial charge in [0.25, 0.3) is 0 Å². The summed E-state index contributed by atoms with van der Waals surface area (Å²) in [5.41, 5.74) is 6.43. The molecule has 0 unspecified atom stereocenters. The van der Waals surface area contributed by atoms with E-state index in [1.54, 1.807) is 7.11 Å². The van der Waals surface area contributed by atoms with Crippen molar-refractivity contribution in [2.24, 2.45) is 0 Å². The molecule has 1 saturated heterocycles. The van der Waals surface area contributed by atoms with Crippen LogP contribution >= 0.6 is 0 Å². The zero-order chi connectivity index (χ0) is 19.8. The number of fused-ring (bicyclic) bond motifs is 3. The summed E-state index contributed by atoms with van der Waals surface area (Å²) in [5.74, 6) is 2.08. The van der Waals surface area contributed by atoms with Gasteiger partial charge in [0.1, 0.15) is 11.6 Å². The van der Waals surface area contributed by atoms with Gasteiger partial charge in [-0.1, -0.05) is 12.1 Å². The largest absolute Gasteiger partial charge is 0.497 e. The maximum absolute atomic E-state index is 5.32. The first-order valence-electron chi connectivity index (χ1n) is 10.9. The van der Waals surface area contributed by atoms with E-state index in [-0.39, 0.29) is 0 Å². The van der Waals surface area contributed by atoms with E-state index < -0.39 is 0 Å². The molecule has 3 aromatic rings. The van der Waals surface area contributed by atoms with Crippen molar-refractivity contribution in [1.82, 2.24) is 14.9 Å². The first kappa shape index (κ1) is 18.5. The third kappa shape index (κ3) is 3.48. The molecule has 2 aliphatic heterocycles. The molecule has 5 heteroatoms. The van der Waals surface area contributed by atoms with Gasteiger partial charge in [0.05, 0.1) is 18.1 Å². The van der Waals surface area contributed by atoms with E-state index in [0.29, 0.717) is 12.1 Å². The lowest BCUT2D eigenvalue weighted by molar-refractivity contribution is 0.368. The minimum absolute atomic E-state index is 0.517. The maximum Gasteiger partial charge on any atom is 0.118 e. The van der Waals surface area contributed by atoms with Crippen LogP contribution in [0.2, 0.25) is 0 Å². The van der Waals surface area contributed by atoms with E-state index in [4.69, 9.17) is 9.72 Å². The highest BCUT2D eigenvalue weighted by molar-refractivity contribution is 5.86. The topological polar surface area (TPSA) is 51.1 Å². The van der Waals surface area contributed by atoms with Gasteiger partial charge in [-0.05, 0) is 75.5 Å². The van der Waals surface area contributed by atoms with E-state index in [1.165, 1.54) is 40.1 Å². The Labute approximate surface area is 172 Å². The second-order valence-corrected chi connectivity index (χ2v) is 8.45. The molecule has 0 bridgehead atoms. The van der Waals surface area contributed by atoms with Crippen molar-refractivity contribution in [1.29, 1.82) is 0 Å². The van der Waals surface area contributed by atoms with E-state index in [2.05, 4.69) is 46.4 Å². The summed E-state index contributed by atoms with van der Waals surface area (Å²) in [6, 6.07) is 14.0. The number of benzene rings is 2. The van der Waals surface area contributed by atoms with Crippen molar-refractivity contribution in [3.63, 3.8) is 0 Å². The predicted molar refractivity (Wildman–Crippen MR) is 118 cm³/mol. The van der Waals surface area contributed by atoms with E-state index >= 15 is 0 Å². The number of nitrogens with one attached hydrogen (secondary N) is 2. The Morgan fingerprint density at radius 2 is 1.86 bits per heavy atom. The maximum atomic E-state index is 5.32. The standard InChI is InChI=1S/C24H30N4O/c1-16-3-8-20-21(26-16)9-10-22-24(20)27-23(28(22)18-11-13-25-14-12-18)15-17-4-6-19(29-2)7-5-17/h4-7,9-10,16,18,25-26H,3,8,11-15H2,1-2H3/t16-/m0/s1. The lowest BCUT2D eigenvalue weighted by Gasteiger charge is -2.27. The number of anilines is 1. The second kappa shape index (κ2) is 7.71. The normalized spacial score (nSPS) is 19.7. The smallest absolute Gasteiger partial charge is 0.118 e. The lowest BCUT2D eigenvalue weighted by Crippen LogP contribution is -2.30. The van der Waals surface area contributed by atoms with Crippen LogP contribution in [0, 0.1) is 0 Å². The number of nitrogens with zero attached hydrogens (tertiary/aromatic N) is 2. The van der Waals surface area contributed by atoms with Crippen molar-refractivity contribution in [3.8, 4) is 5.75 Å². The highest BCUT2D eigenvalue weighted by Crippen LogP contribution is 2.35. The third-order valence-electron chi connectivity index (χ3n) is 6.46. The Hall–Kier alpha value is -2.53. The second-order valence-electron chi connectivity index (χ2n) is 8.45. The average molecular weight is 391 g/mol. The minimum Gasteiger partial charge on any atom is -0.497 e. The Balaban J connectivity index is 1.60. The average Bonchev–Trinajstić information content (AvgIpc) is 3.13. The SMILES string of the molecule is COc1ccc(Cc2nc3c4c(ccc3n2C2CCNCC2)N[C@@H](C)CC4)cc1. The van der Waals surface area contributed by atoms with Crippen LogP contribution in [0.5, 0.6) is 5.75 Å². The number of methoxy groups -OCH3 is 1. The predicted octanol–water partition coefficient (Wildman–Crippen LogP) is 4.31. The van der Waals surface area contributed by atoms with Gasteiger partial charge in [0.15, 0.2) is 0 Å². The van der Waals surface area contributed by atoms with Crippen molar-refractivity contribution >= 4 is 16.7 Å². The van der Waals surface area contributed by atoms with Gasteiger partial charge in [0.2, 0.25) is 0 Å². The van der Waals surface area contributed by atoms with E-state index in [9.17, 15) is 0 Å². The lowest BCUT2D eigenvalue weighted by atomic mass is 9.97. The molecule has 29 heavy (non-hydrogen) atoms. The van der Waals surface area contributed by atoms with Gasteiger partial charge in [-0.25, -0.2) is 4.98 Å². The first-order chi connectivity index (χ1) is 14.2. The number of aromatic nitrogens is 2. The minimum atomic E-state index is 0.517. The van der Waals surface area contributed by atoms with Crippen LogP contribution < -0.4 is 15.4 Å². The fourth-order valence-corrected chi connectivity index (χ4v) is 4.87. The molecular formula is C24H30N4O. The van der Waals surface area contributed by atoms with Gasteiger partial charge >= 0.3 is 0 Å². The highest BCUT2D eigenvalue weighted by atomic mass is 16.5. The molecule has 5 nitrogen and oxygen atoms in total. The molecular weight excluding hydrogens is 360 g/mol. The van der Waals surface area contributed by atoms with Gasteiger partial charge in [0, 0.05) is 29.8 Å². The molecule has 2 N–H and O–H groups in total. The molecule has 0 spiro atoms. The zero-order valence-electron chi connectivity index (χ0n) is 17.4. The van der Waals surface area contributed by atoms with Crippen LogP contribution in [0.1, 0.15) is 49.2 Å². The number of hydrogen-bond acceptors (Lipinski definition) is 4. The third-order valence-corrected chi connectivity index (χ3v) is 6.46. The molecule has 5 rings (SSSR count). The zero-order valence-corrected chi connectivity index (χ0v) is 17.4. The molecule has 0 saturated carbocycles. The van der Waals surface area contributed by atoms with E-state index in [1.807, 2.05) is 12.1 Å². The molecule has 3 heterocycles. The molecule has 0 amide bonds. The molecule has 2 aliphatic rings.